The molecule has 1 heterocycles. The fourth-order valence-electron chi connectivity index (χ4n) is 2.53. The van der Waals surface area contributed by atoms with E-state index in [1.807, 2.05) is 24.3 Å². The second-order valence-electron chi connectivity index (χ2n) is 5.15. The Morgan fingerprint density at radius 1 is 1.20 bits per heavy atom. The first-order valence-electron chi connectivity index (χ1n) is 6.74. The average Bonchev–Trinajstić information content (AvgIpc) is 2.70. The monoisotopic (exact) mass is 275 g/mol. The van der Waals surface area contributed by atoms with Gasteiger partial charge in [-0.25, -0.2) is 0 Å². The molecule has 0 spiro atoms. The first-order valence-corrected chi connectivity index (χ1v) is 6.74. The minimum atomic E-state index is -0.238. The van der Waals surface area contributed by atoms with E-state index in [0.29, 0.717) is 6.54 Å². The highest BCUT2D eigenvalue weighted by atomic mass is 16.7. The quantitative estimate of drug-likeness (QED) is 0.749. The molecule has 0 fully saturated rings. The molecule has 0 N–H and O–H groups in total. The van der Waals surface area contributed by atoms with E-state index >= 15 is 0 Å². The summed E-state index contributed by atoms with van der Waals surface area (Å²) in [6.07, 6.45) is 0.499. The van der Waals surface area contributed by atoms with Gasteiger partial charge in [-0.2, -0.15) is 0 Å². The third-order valence-corrected chi connectivity index (χ3v) is 3.65. The molecule has 1 atom stereocenters. The SMILES string of the molecule is C=C1c2ccccc2C(=O)N1CC(C)CC(OC)OC. The van der Waals surface area contributed by atoms with Crippen LogP contribution in [0.3, 0.4) is 0 Å². The molecule has 0 aromatic heterocycles. The van der Waals surface area contributed by atoms with Crippen LogP contribution in [0.15, 0.2) is 30.8 Å². The fourth-order valence-corrected chi connectivity index (χ4v) is 2.53. The van der Waals surface area contributed by atoms with Gasteiger partial charge in [-0.1, -0.05) is 31.7 Å². The molecule has 4 heteroatoms. The molecule has 20 heavy (non-hydrogen) atoms. The Morgan fingerprint density at radius 3 is 2.35 bits per heavy atom. The highest BCUT2D eigenvalue weighted by molar-refractivity contribution is 6.08. The molecule has 1 unspecified atom stereocenters. The molecular weight excluding hydrogens is 254 g/mol. The third kappa shape index (κ3) is 2.76. The Labute approximate surface area is 120 Å². The first kappa shape index (κ1) is 14.8. The van der Waals surface area contributed by atoms with Crippen LogP contribution in [-0.2, 0) is 9.47 Å². The van der Waals surface area contributed by atoms with Crippen LogP contribution in [0.25, 0.3) is 5.70 Å². The standard InChI is InChI=1S/C16H21NO3/c1-11(9-15(19-3)20-4)10-17-12(2)13-7-5-6-8-14(13)16(17)18/h5-8,11,15H,2,9-10H2,1,3-4H3. The number of amides is 1. The smallest absolute Gasteiger partial charge is 0.258 e. The number of carbonyl (C=O) groups excluding carboxylic acids is 1. The van der Waals surface area contributed by atoms with Crippen LogP contribution in [0.4, 0.5) is 0 Å². The molecule has 1 aliphatic rings. The van der Waals surface area contributed by atoms with Crippen molar-refractivity contribution in [2.24, 2.45) is 5.92 Å². The van der Waals surface area contributed by atoms with Crippen molar-refractivity contribution in [2.45, 2.75) is 19.6 Å². The van der Waals surface area contributed by atoms with Crippen LogP contribution in [0.2, 0.25) is 0 Å². The van der Waals surface area contributed by atoms with Crippen molar-refractivity contribution in [3.63, 3.8) is 0 Å². The van der Waals surface area contributed by atoms with Gasteiger partial charge in [-0.05, 0) is 12.0 Å². The Morgan fingerprint density at radius 2 is 1.80 bits per heavy atom. The Bertz CT molecular complexity index is 473. The Kier molecular flexibility index (Phi) is 4.57. The molecule has 0 radical (unpaired) electrons. The fraction of sp³-hybridized carbons (Fsp3) is 0.438. The predicted octanol–water partition coefficient (Wildman–Crippen LogP) is 2.76. The van der Waals surface area contributed by atoms with Gasteiger partial charge in [-0.3, -0.25) is 4.79 Å². The lowest BCUT2D eigenvalue weighted by atomic mass is 10.1. The van der Waals surface area contributed by atoms with Crippen LogP contribution < -0.4 is 0 Å². The maximum absolute atomic E-state index is 12.4. The summed E-state index contributed by atoms with van der Waals surface area (Å²) < 4.78 is 10.4. The summed E-state index contributed by atoms with van der Waals surface area (Å²) in [5, 5.41) is 0. The molecule has 0 saturated carbocycles. The highest BCUT2D eigenvalue weighted by Gasteiger charge is 2.31. The zero-order valence-corrected chi connectivity index (χ0v) is 12.3. The molecule has 0 aliphatic carbocycles. The van der Waals surface area contributed by atoms with E-state index in [2.05, 4.69) is 13.5 Å². The molecule has 0 saturated heterocycles. The normalized spacial score (nSPS) is 15.9. The topological polar surface area (TPSA) is 38.8 Å². The van der Waals surface area contributed by atoms with Gasteiger partial charge in [0, 0.05) is 44.0 Å². The van der Waals surface area contributed by atoms with Crippen molar-refractivity contribution >= 4 is 11.6 Å². The second kappa shape index (κ2) is 6.20. The van der Waals surface area contributed by atoms with Gasteiger partial charge in [0.15, 0.2) is 6.29 Å². The molecule has 1 amide bonds. The number of rotatable bonds is 6. The van der Waals surface area contributed by atoms with Crippen molar-refractivity contribution < 1.29 is 14.3 Å². The van der Waals surface area contributed by atoms with E-state index in [0.717, 1.165) is 23.2 Å². The van der Waals surface area contributed by atoms with E-state index < -0.39 is 0 Å². The molecule has 1 aromatic rings. The maximum atomic E-state index is 12.4. The maximum Gasteiger partial charge on any atom is 0.258 e. The summed E-state index contributed by atoms with van der Waals surface area (Å²) in [6.45, 7) is 6.74. The molecular formula is C16H21NO3. The Balaban J connectivity index is 2.05. The molecule has 1 aromatic carbocycles. The van der Waals surface area contributed by atoms with Crippen LogP contribution in [0.1, 0.15) is 29.3 Å². The lowest BCUT2D eigenvalue weighted by Crippen LogP contribution is -2.30. The van der Waals surface area contributed by atoms with Crippen molar-refractivity contribution in [1.29, 1.82) is 0 Å². The minimum Gasteiger partial charge on any atom is -0.356 e. The van der Waals surface area contributed by atoms with Crippen LogP contribution in [-0.4, -0.2) is 37.9 Å². The van der Waals surface area contributed by atoms with Crippen LogP contribution >= 0.6 is 0 Å². The lowest BCUT2D eigenvalue weighted by Gasteiger charge is -2.24. The van der Waals surface area contributed by atoms with Gasteiger partial charge in [0.1, 0.15) is 0 Å². The predicted molar refractivity (Wildman–Crippen MR) is 78.1 cm³/mol. The van der Waals surface area contributed by atoms with Crippen molar-refractivity contribution in [3.8, 4) is 0 Å². The lowest BCUT2D eigenvalue weighted by molar-refractivity contribution is -0.113. The van der Waals surface area contributed by atoms with Crippen LogP contribution in [0, 0.1) is 5.92 Å². The summed E-state index contributed by atoms with van der Waals surface area (Å²) in [7, 11) is 3.24. The summed E-state index contributed by atoms with van der Waals surface area (Å²) in [5.74, 6) is 0.291. The van der Waals surface area contributed by atoms with Crippen molar-refractivity contribution in [3.05, 3.63) is 42.0 Å². The van der Waals surface area contributed by atoms with E-state index in [9.17, 15) is 4.79 Å². The van der Waals surface area contributed by atoms with Gasteiger partial charge >= 0.3 is 0 Å². The zero-order valence-electron chi connectivity index (χ0n) is 12.3. The number of fused-ring (bicyclic) bond motifs is 1. The third-order valence-electron chi connectivity index (χ3n) is 3.65. The van der Waals surface area contributed by atoms with Gasteiger partial charge < -0.3 is 14.4 Å². The highest BCUT2D eigenvalue weighted by Crippen LogP contribution is 2.32. The average molecular weight is 275 g/mol. The molecule has 1 aliphatic heterocycles. The second-order valence-corrected chi connectivity index (χ2v) is 5.15. The zero-order chi connectivity index (χ0) is 14.7. The van der Waals surface area contributed by atoms with Crippen LogP contribution in [0.5, 0.6) is 0 Å². The molecule has 0 bridgehead atoms. The van der Waals surface area contributed by atoms with E-state index in [4.69, 9.17) is 9.47 Å². The van der Waals surface area contributed by atoms with Gasteiger partial charge in [0.05, 0.1) is 0 Å². The van der Waals surface area contributed by atoms with E-state index in [1.54, 1.807) is 19.1 Å². The van der Waals surface area contributed by atoms with E-state index in [1.165, 1.54) is 0 Å². The number of methoxy groups -OCH3 is 2. The molecule has 2 rings (SSSR count). The number of nitrogens with zero attached hydrogens (tertiary/aromatic N) is 1. The van der Waals surface area contributed by atoms with Gasteiger partial charge in [-0.15, -0.1) is 0 Å². The molecule has 108 valence electrons. The van der Waals surface area contributed by atoms with Crippen molar-refractivity contribution in [1.82, 2.24) is 4.90 Å². The van der Waals surface area contributed by atoms with Gasteiger partial charge in [0.2, 0.25) is 0 Å². The largest absolute Gasteiger partial charge is 0.356 e. The molecule has 4 nitrogen and oxygen atoms in total. The number of hydrogen-bond acceptors (Lipinski definition) is 3. The summed E-state index contributed by atoms with van der Waals surface area (Å²) in [5.41, 5.74) is 2.45. The van der Waals surface area contributed by atoms with Gasteiger partial charge in [0.25, 0.3) is 5.91 Å². The summed E-state index contributed by atoms with van der Waals surface area (Å²) in [4.78, 5) is 14.1. The minimum absolute atomic E-state index is 0.0313. The Hall–Kier alpha value is -1.65. The van der Waals surface area contributed by atoms with Crippen molar-refractivity contribution in [2.75, 3.05) is 20.8 Å². The number of ether oxygens (including phenoxy) is 2. The number of benzene rings is 1. The first-order chi connectivity index (χ1) is 9.58. The summed E-state index contributed by atoms with van der Waals surface area (Å²) in [6, 6.07) is 7.59. The number of hydrogen-bond donors (Lipinski definition) is 0. The number of carbonyl (C=O) groups is 1. The van der Waals surface area contributed by atoms with E-state index in [-0.39, 0.29) is 18.1 Å². The summed E-state index contributed by atoms with van der Waals surface area (Å²) >= 11 is 0.